The molecule has 0 aliphatic rings. The minimum absolute atomic E-state index is 0.456. The monoisotopic (exact) mass is 260 g/mol. The summed E-state index contributed by atoms with van der Waals surface area (Å²) in [4.78, 5) is 16.7. The van der Waals surface area contributed by atoms with Crippen LogP contribution < -0.4 is 5.73 Å². The maximum Gasteiger partial charge on any atom is 0.251 e. The molecule has 1 aromatic heterocycles. The van der Waals surface area contributed by atoms with E-state index in [0.29, 0.717) is 10.6 Å². The molecule has 1 heterocycles. The van der Waals surface area contributed by atoms with Crippen LogP contribution in [0.15, 0.2) is 48.0 Å². The van der Waals surface area contributed by atoms with Crippen LogP contribution in [0, 0.1) is 6.92 Å². The number of aryl methyl sites for hydroxylation is 1. The number of primary amides is 1. The Morgan fingerprint density at radius 3 is 2.78 bits per heavy atom. The highest BCUT2D eigenvalue weighted by molar-refractivity contribution is 7.16. The van der Waals surface area contributed by atoms with E-state index in [2.05, 4.69) is 18.2 Å². The van der Waals surface area contributed by atoms with Crippen LogP contribution in [0.25, 0.3) is 0 Å². The van der Waals surface area contributed by atoms with Gasteiger partial charge in [0, 0.05) is 10.6 Å². The molecule has 18 heavy (non-hydrogen) atoms. The Balaban J connectivity index is 3.08. The molecule has 0 atom stereocenters. The van der Waals surface area contributed by atoms with Gasteiger partial charge in [-0.3, -0.25) is 4.79 Å². The van der Waals surface area contributed by atoms with Crippen molar-refractivity contribution >= 4 is 28.0 Å². The van der Waals surface area contributed by atoms with Gasteiger partial charge in [-0.1, -0.05) is 31.4 Å². The van der Waals surface area contributed by atoms with Crippen molar-refractivity contribution in [3.8, 4) is 0 Å². The second kappa shape index (κ2) is 6.12. The Morgan fingerprint density at radius 2 is 2.22 bits per heavy atom. The summed E-state index contributed by atoms with van der Waals surface area (Å²) in [5.41, 5.74) is 7.29. The fourth-order valence-electron chi connectivity index (χ4n) is 1.29. The number of aliphatic imine (C=N–C) groups is 1. The molecule has 0 saturated carbocycles. The summed E-state index contributed by atoms with van der Waals surface area (Å²) in [5, 5.41) is 0.630. The van der Waals surface area contributed by atoms with Gasteiger partial charge in [-0.15, -0.1) is 11.3 Å². The minimum atomic E-state index is -0.460. The molecule has 0 fully saturated rings. The number of carbonyl (C=O) groups excluding carboxylic acids is 1. The second-order valence-corrected chi connectivity index (χ2v) is 4.99. The number of carbonyl (C=O) groups is 1. The Kier molecular flexibility index (Phi) is 4.80. The number of amides is 1. The van der Waals surface area contributed by atoms with Crippen LogP contribution in [-0.2, 0) is 0 Å². The lowest BCUT2D eigenvalue weighted by Gasteiger charge is -1.99. The molecule has 1 aromatic rings. The van der Waals surface area contributed by atoms with Gasteiger partial charge in [-0.05, 0) is 25.5 Å². The first-order valence-corrected chi connectivity index (χ1v) is 6.21. The molecule has 4 heteroatoms. The fourth-order valence-corrected chi connectivity index (χ4v) is 2.22. The summed E-state index contributed by atoms with van der Waals surface area (Å²) in [6.07, 6.45) is 5.27. The van der Waals surface area contributed by atoms with E-state index in [0.717, 1.165) is 16.2 Å². The van der Waals surface area contributed by atoms with Crippen molar-refractivity contribution in [2.24, 2.45) is 10.7 Å². The second-order valence-electron chi connectivity index (χ2n) is 3.76. The van der Waals surface area contributed by atoms with E-state index in [-0.39, 0.29) is 0 Å². The van der Waals surface area contributed by atoms with Crippen LogP contribution in [0.2, 0.25) is 0 Å². The van der Waals surface area contributed by atoms with Crippen molar-refractivity contribution < 1.29 is 4.79 Å². The van der Waals surface area contributed by atoms with Crippen molar-refractivity contribution in [1.29, 1.82) is 0 Å². The molecular weight excluding hydrogens is 244 g/mol. The van der Waals surface area contributed by atoms with E-state index in [4.69, 9.17) is 5.73 Å². The molecule has 94 valence electrons. The number of hydrogen-bond acceptors (Lipinski definition) is 3. The Morgan fingerprint density at radius 1 is 1.56 bits per heavy atom. The van der Waals surface area contributed by atoms with Gasteiger partial charge < -0.3 is 5.73 Å². The maximum absolute atomic E-state index is 11.3. The van der Waals surface area contributed by atoms with Gasteiger partial charge in [0.1, 0.15) is 5.00 Å². The SMILES string of the molecule is C=C/C=C\C(=C)C(C)=Nc1sc(C)cc1C(N)=O. The molecule has 1 amide bonds. The molecule has 0 saturated heterocycles. The third-order valence-corrected chi connectivity index (χ3v) is 3.21. The first-order valence-electron chi connectivity index (χ1n) is 5.39. The third-order valence-electron chi connectivity index (χ3n) is 2.27. The normalized spacial score (nSPS) is 11.8. The van der Waals surface area contributed by atoms with Crippen molar-refractivity contribution in [2.75, 3.05) is 0 Å². The van der Waals surface area contributed by atoms with E-state index in [9.17, 15) is 4.79 Å². The molecule has 0 aliphatic heterocycles. The average Bonchev–Trinajstić information content (AvgIpc) is 2.67. The van der Waals surface area contributed by atoms with Gasteiger partial charge in [0.15, 0.2) is 0 Å². The number of thiophene rings is 1. The van der Waals surface area contributed by atoms with Crippen molar-refractivity contribution in [1.82, 2.24) is 0 Å². The van der Waals surface area contributed by atoms with Crippen molar-refractivity contribution in [3.63, 3.8) is 0 Å². The van der Waals surface area contributed by atoms with Crippen LogP contribution in [0.4, 0.5) is 5.00 Å². The molecule has 0 bridgehead atoms. The van der Waals surface area contributed by atoms with Crippen LogP contribution in [0.1, 0.15) is 22.2 Å². The highest BCUT2D eigenvalue weighted by atomic mass is 32.1. The van der Waals surface area contributed by atoms with Crippen LogP contribution in [0.5, 0.6) is 0 Å². The molecule has 0 spiro atoms. The molecule has 0 aromatic carbocycles. The Hall–Kier alpha value is -1.94. The van der Waals surface area contributed by atoms with E-state index in [1.54, 1.807) is 18.2 Å². The van der Waals surface area contributed by atoms with E-state index in [1.807, 2.05) is 19.9 Å². The standard InChI is InChI=1S/C14H16N2OS/c1-5-6-7-9(2)11(4)16-14-12(13(15)17)8-10(3)18-14/h5-8H,1-2H2,3-4H3,(H2,15,17)/b7-6-,16-11?. The molecule has 0 unspecified atom stereocenters. The quantitative estimate of drug-likeness (QED) is 0.639. The summed E-state index contributed by atoms with van der Waals surface area (Å²) in [6, 6.07) is 1.75. The number of hydrogen-bond donors (Lipinski definition) is 1. The van der Waals surface area contributed by atoms with Crippen molar-refractivity contribution in [2.45, 2.75) is 13.8 Å². The Labute approximate surface area is 111 Å². The largest absolute Gasteiger partial charge is 0.366 e. The minimum Gasteiger partial charge on any atom is -0.366 e. The molecule has 2 N–H and O–H groups in total. The lowest BCUT2D eigenvalue weighted by atomic mass is 10.2. The average molecular weight is 260 g/mol. The van der Waals surface area contributed by atoms with E-state index >= 15 is 0 Å². The number of nitrogens with zero attached hydrogens (tertiary/aromatic N) is 1. The van der Waals surface area contributed by atoms with E-state index in [1.165, 1.54) is 11.3 Å². The van der Waals surface area contributed by atoms with Crippen LogP contribution >= 0.6 is 11.3 Å². The highest BCUT2D eigenvalue weighted by Gasteiger charge is 2.11. The number of nitrogens with two attached hydrogens (primary N) is 1. The molecule has 0 aliphatic carbocycles. The summed E-state index contributed by atoms with van der Waals surface area (Å²) in [7, 11) is 0. The predicted octanol–water partition coefficient (Wildman–Crippen LogP) is 3.55. The summed E-state index contributed by atoms with van der Waals surface area (Å²) in [6.45, 7) is 11.2. The summed E-state index contributed by atoms with van der Waals surface area (Å²) < 4.78 is 0. The van der Waals surface area contributed by atoms with Gasteiger partial charge in [-0.2, -0.15) is 0 Å². The zero-order valence-electron chi connectivity index (χ0n) is 10.6. The smallest absolute Gasteiger partial charge is 0.251 e. The lowest BCUT2D eigenvalue weighted by molar-refractivity contribution is 0.100. The molecule has 0 radical (unpaired) electrons. The number of rotatable bonds is 5. The summed E-state index contributed by atoms with van der Waals surface area (Å²) in [5.74, 6) is -0.460. The van der Waals surface area contributed by atoms with Crippen LogP contribution in [0.3, 0.4) is 0 Å². The van der Waals surface area contributed by atoms with Gasteiger partial charge in [0.2, 0.25) is 0 Å². The highest BCUT2D eigenvalue weighted by Crippen LogP contribution is 2.30. The Bertz CT molecular complexity index is 550. The summed E-state index contributed by atoms with van der Waals surface area (Å²) >= 11 is 1.44. The molecular formula is C14H16N2OS. The zero-order valence-corrected chi connectivity index (χ0v) is 11.4. The zero-order chi connectivity index (χ0) is 13.7. The van der Waals surface area contributed by atoms with E-state index < -0.39 is 5.91 Å². The first kappa shape index (κ1) is 14.1. The topological polar surface area (TPSA) is 55.4 Å². The molecule has 1 rings (SSSR count). The van der Waals surface area contributed by atoms with Gasteiger partial charge >= 0.3 is 0 Å². The maximum atomic E-state index is 11.3. The third kappa shape index (κ3) is 3.53. The first-order chi connectivity index (χ1) is 8.45. The van der Waals surface area contributed by atoms with Crippen molar-refractivity contribution in [3.05, 3.63) is 53.5 Å². The van der Waals surface area contributed by atoms with Crippen LogP contribution in [-0.4, -0.2) is 11.6 Å². The van der Waals surface area contributed by atoms with Gasteiger partial charge in [0.25, 0.3) is 5.91 Å². The molecule has 3 nitrogen and oxygen atoms in total. The number of allylic oxidation sites excluding steroid dienone is 4. The van der Waals surface area contributed by atoms with Gasteiger partial charge in [0.05, 0.1) is 5.56 Å². The fraction of sp³-hybridized carbons (Fsp3) is 0.143. The van der Waals surface area contributed by atoms with Gasteiger partial charge in [-0.25, -0.2) is 4.99 Å². The lowest BCUT2D eigenvalue weighted by Crippen LogP contribution is -2.09. The predicted molar refractivity (Wildman–Crippen MR) is 78.8 cm³/mol.